The van der Waals surface area contributed by atoms with Gasteiger partial charge in [0.1, 0.15) is 0 Å². The van der Waals surface area contributed by atoms with Crippen molar-refractivity contribution in [1.29, 1.82) is 0 Å². The predicted molar refractivity (Wildman–Crippen MR) is 72.1 cm³/mol. The molecule has 0 bridgehead atoms. The Hall–Kier alpha value is -1.55. The highest BCUT2D eigenvalue weighted by Crippen LogP contribution is 2.25. The van der Waals surface area contributed by atoms with Crippen LogP contribution >= 0.6 is 11.6 Å². The molecule has 1 aliphatic rings. The van der Waals surface area contributed by atoms with Gasteiger partial charge in [-0.15, -0.1) is 0 Å². The maximum absolute atomic E-state index is 11.9. The smallest absolute Gasteiger partial charge is 0.306 e. The second-order valence-electron chi connectivity index (χ2n) is 4.92. The van der Waals surface area contributed by atoms with E-state index < -0.39 is 5.97 Å². The van der Waals surface area contributed by atoms with Crippen LogP contribution in [-0.4, -0.2) is 23.0 Å². The summed E-state index contributed by atoms with van der Waals surface area (Å²) in [5.74, 6) is -1.18. The normalized spacial score (nSPS) is 22.2. The maximum atomic E-state index is 11.9. The summed E-state index contributed by atoms with van der Waals surface area (Å²) < 4.78 is 0. The van der Waals surface area contributed by atoms with Crippen molar-refractivity contribution in [3.8, 4) is 0 Å². The van der Waals surface area contributed by atoms with E-state index in [1.807, 2.05) is 6.07 Å². The minimum absolute atomic E-state index is 0.0206. The Balaban J connectivity index is 1.84. The van der Waals surface area contributed by atoms with Crippen molar-refractivity contribution in [1.82, 2.24) is 5.32 Å². The van der Waals surface area contributed by atoms with E-state index in [1.165, 1.54) is 0 Å². The third-order valence-corrected chi connectivity index (χ3v) is 3.64. The lowest BCUT2D eigenvalue weighted by atomic mass is 10.1. The van der Waals surface area contributed by atoms with E-state index in [9.17, 15) is 9.59 Å². The minimum Gasteiger partial charge on any atom is -0.481 e. The first kappa shape index (κ1) is 13.9. The lowest BCUT2D eigenvalue weighted by Crippen LogP contribution is -2.34. The zero-order valence-corrected chi connectivity index (χ0v) is 11.2. The zero-order chi connectivity index (χ0) is 13.8. The fourth-order valence-electron chi connectivity index (χ4n) is 2.45. The SMILES string of the molecule is O=C(Cc1cccc(Cl)c1)N[C@@H]1CC[C@H](C(=O)O)C1. The van der Waals surface area contributed by atoms with Crippen LogP contribution in [0.4, 0.5) is 0 Å². The molecule has 4 nitrogen and oxygen atoms in total. The summed E-state index contributed by atoms with van der Waals surface area (Å²) in [5.41, 5.74) is 0.859. The molecule has 1 aromatic rings. The van der Waals surface area contributed by atoms with Crippen molar-refractivity contribution in [2.45, 2.75) is 31.7 Å². The molecule has 2 N–H and O–H groups in total. The number of nitrogens with one attached hydrogen (secondary N) is 1. The molecule has 0 heterocycles. The lowest BCUT2D eigenvalue weighted by Gasteiger charge is -2.12. The van der Waals surface area contributed by atoms with Gasteiger partial charge in [0, 0.05) is 11.1 Å². The van der Waals surface area contributed by atoms with Crippen molar-refractivity contribution in [3.63, 3.8) is 0 Å². The zero-order valence-electron chi connectivity index (χ0n) is 10.4. The van der Waals surface area contributed by atoms with Gasteiger partial charge in [-0.3, -0.25) is 9.59 Å². The molecule has 0 aliphatic heterocycles. The highest BCUT2D eigenvalue weighted by Gasteiger charge is 2.30. The van der Waals surface area contributed by atoms with Gasteiger partial charge in [-0.25, -0.2) is 0 Å². The molecule has 1 saturated carbocycles. The fraction of sp³-hybridized carbons (Fsp3) is 0.429. The highest BCUT2D eigenvalue weighted by molar-refractivity contribution is 6.30. The summed E-state index contributed by atoms with van der Waals surface area (Å²) in [6.07, 6.45) is 2.17. The number of benzene rings is 1. The molecule has 1 amide bonds. The molecule has 2 rings (SSSR count). The van der Waals surface area contributed by atoms with Crippen LogP contribution in [0.1, 0.15) is 24.8 Å². The predicted octanol–water partition coefficient (Wildman–Crippen LogP) is 2.25. The number of aliphatic carboxylic acids is 1. The molecule has 0 spiro atoms. The first-order chi connectivity index (χ1) is 9.04. The molecule has 0 aromatic heterocycles. The number of carboxylic acids is 1. The first-order valence-corrected chi connectivity index (χ1v) is 6.69. The Morgan fingerprint density at radius 3 is 2.79 bits per heavy atom. The van der Waals surface area contributed by atoms with Crippen LogP contribution in [0, 0.1) is 5.92 Å². The van der Waals surface area contributed by atoms with Gasteiger partial charge in [0.2, 0.25) is 5.91 Å². The van der Waals surface area contributed by atoms with E-state index >= 15 is 0 Å². The molecule has 102 valence electrons. The molecule has 19 heavy (non-hydrogen) atoms. The maximum Gasteiger partial charge on any atom is 0.306 e. The van der Waals surface area contributed by atoms with Crippen molar-refractivity contribution in [2.75, 3.05) is 0 Å². The summed E-state index contributed by atoms with van der Waals surface area (Å²) in [6.45, 7) is 0. The van der Waals surface area contributed by atoms with Gasteiger partial charge < -0.3 is 10.4 Å². The van der Waals surface area contributed by atoms with Gasteiger partial charge in [0.25, 0.3) is 0 Å². The summed E-state index contributed by atoms with van der Waals surface area (Å²) >= 11 is 5.86. The Labute approximate surface area is 116 Å². The highest BCUT2D eigenvalue weighted by atomic mass is 35.5. The number of halogens is 1. The van der Waals surface area contributed by atoms with Gasteiger partial charge in [0.05, 0.1) is 12.3 Å². The van der Waals surface area contributed by atoms with Crippen molar-refractivity contribution >= 4 is 23.5 Å². The quantitative estimate of drug-likeness (QED) is 0.889. The topological polar surface area (TPSA) is 66.4 Å². The summed E-state index contributed by atoms with van der Waals surface area (Å²) in [5, 5.41) is 12.4. The number of carbonyl (C=O) groups is 2. The second-order valence-corrected chi connectivity index (χ2v) is 5.36. The molecule has 1 fully saturated rings. The van der Waals surface area contributed by atoms with Crippen LogP contribution < -0.4 is 5.32 Å². The van der Waals surface area contributed by atoms with Crippen molar-refractivity contribution in [2.24, 2.45) is 5.92 Å². The summed E-state index contributed by atoms with van der Waals surface area (Å²) in [4.78, 5) is 22.7. The van der Waals surface area contributed by atoms with Gasteiger partial charge in [0.15, 0.2) is 0 Å². The standard InChI is InChI=1S/C14H16ClNO3/c15-11-3-1-2-9(6-11)7-13(17)16-12-5-4-10(8-12)14(18)19/h1-3,6,10,12H,4-5,7-8H2,(H,16,17)(H,18,19)/t10-,12+/m0/s1. The lowest BCUT2D eigenvalue weighted by molar-refractivity contribution is -0.141. The number of hydrogen-bond donors (Lipinski definition) is 2. The van der Waals surface area contributed by atoms with Gasteiger partial charge >= 0.3 is 5.97 Å². The van der Waals surface area contributed by atoms with E-state index in [0.717, 1.165) is 12.0 Å². The molecular formula is C14H16ClNO3. The Morgan fingerprint density at radius 2 is 2.16 bits per heavy atom. The van der Waals surface area contributed by atoms with E-state index in [2.05, 4.69) is 5.32 Å². The van der Waals surface area contributed by atoms with Crippen LogP contribution in [0.3, 0.4) is 0 Å². The first-order valence-electron chi connectivity index (χ1n) is 6.31. The molecule has 0 unspecified atom stereocenters. The summed E-state index contributed by atoms with van der Waals surface area (Å²) in [6, 6.07) is 7.15. The number of hydrogen-bond acceptors (Lipinski definition) is 2. The fourth-order valence-corrected chi connectivity index (χ4v) is 2.66. The minimum atomic E-state index is -0.772. The van der Waals surface area contributed by atoms with Gasteiger partial charge in [-0.2, -0.15) is 0 Å². The third-order valence-electron chi connectivity index (χ3n) is 3.40. The summed E-state index contributed by atoms with van der Waals surface area (Å²) in [7, 11) is 0. The molecule has 5 heteroatoms. The number of rotatable bonds is 4. The molecule has 1 aromatic carbocycles. The van der Waals surface area contributed by atoms with E-state index in [0.29, 0.717) is 17.9 Å². The Kier molecular flexibility index (Phi) is 4.43. The largest absolute Gasteiger partial charge is 0.481 e. The van der Waals surface area contributed by atoms with Crippen LogP contribution in [0.5, 0.6) is 0 Å². The van der Waals surface area contributed by atoms with Crippen LogP contribution in [0.25, 0.3) is 0 Å². The Bertz CT molecular complexity index is 489. The van der Waals surface area contributed by atoms with E-state index in [-0.39, 0.29) is 24.3 Å². The van der Waals surface area contributed by atoms with Gasteiger partial charge in [-0.1, -0.05) is 23.7 Å². The number of amides is 1. The second kappa shape index (κ2) is 6.06. The monoisotopic (exact) mass is 281 g/mol. The van der Waals surface area contributed by atoms with Crippen LogP contribution in [0.2, 0.25) is 5.02 Å². The molecular weight excluding hydrogens is 266 g/mol. The van der Waals surface area contributed by atoms with Crippen molar-refractivity contribution < 1.29 is 14.7 Å². The molecule has 0 saturated heterocycles. The number of carbonyl (C=O) groups excluding carboxylic acids is 1. The number of carboxylic acid groups (broad SMARTS) is 1. The Morgan fingerprint density at radius 1 is 1.37 bits per heavy atom. The molecule has 2 atom stereocenters. The van der Waals surface area contributed by atoms with E-state index in [4.69, 9.17) is 16.7 Å². The average Bonchev–Trinajstić information content (AvgIpc) is 2.77. The van der Waals surface area contributed by atoms with E-state index in [1.54, 1.807) is 18.2 Å². The van der Waals surface area contributed by atoms with Crippen LogP contribution in [-0.2, 0) is 16.0 Å². The van der Waals surface area contributed by atoms with Crippen LogP contribution in [0.15, 0.2) is 24.3 Å². The average molecular weight is 282 g/mol. The van der Waals surface area contributed by atoms with Gasteiger partial charge in [-0.05, 0) is 37.0 Å². The molecule has 1 aliphatic carbocycles. The van der Waals surface area contributed by atoms with Crippen molar-refractivity contribution in [3.05, 3.63) is 34.9 Å². The third kappa shape index (κ3) is 3.96. The molecule has 0 radical (unpaired) electrons.